The van der Waals surface area contributed by atoms with Crippen LogP contribution in [0.2, 0.25) is 5.02 Å². The van der Waals surface area contributed by atoms with Crippen LogP contribution in [-0.2, 0) is 6.42 Å². The third-order valence-corrected chi connectivity index (χ3v) is 3.32. The van der Waals surface area contributed by atoms with E-state index in [9.17, 15) is 9.50 Å². The van der Waals surface area contributed by atoms with E-state index < -0.39 is 0 Å². The minimum atomic E-state index is -0.344. The topological polar surface area (TPSA) is 20.2 Å². The number of hydrogen-bond donors (Lipinski definition) is 1. The Hall–Kier alpha value is -1.38. The average molecular weight is 265 g/mol. The van der Waals surface area contributed by atoms with E-state index in [0.29, 0.717) is 11.4 Å². The standard InChI is InChI=1S/C15H14ClFO/c16-15-9-14(17)7-6-12(15)8-13(10-18)11-4-2-1-3-5-11/h1-7,9,13,18H,8,10H2. The molecule has 18 heavy (non-hydrogen) atoms. The first-order chi connectivity index (χ1) is 8.70. The van der Waals surface area contributed by atoms with Crippen molar-refractivity contribution < 1.29 is 9.50 Å². The monoisotopic (exact) mass is 264 g/mol. The first-order valence-corrected chi connectivity index (χ1v) is 6.18. The first-order valence-electron chi connectivity index (χ1n) is 5.80. The van der Waals surface area contributed by atoms with Gasteiger partial charge < -0.3 is 5.11 Å². The summed E-state index contributed by atoms with van der Waals surface area (Å²) in [6.45, 7) is 0.0394. The van der Waals surface area contributed by atoms with E-state index in [-0.39, 0.29) is 18.3 Å². The molecule has 2 aromatic carbocycles. The zero-order valence-electron chi connectivity index (χ0n) is 9.81. The number of benzene rings is 2. The first kappa shape index (κ1) is 13.1. The summed E-state index contributed by atoms with van der Waals surface area (Å²) in [6, 6.07) is 14.1. The van der Waals surface area contributed by atoms with Gasteiger partial charge in [0, 0.05) is 10.9 Å². The Morgan fingerprint density at radius 1 is 1.11 bits per heavy atom. The van der Waals surface area contributed by atoms with Crippen molar-refractivity contribution in [3.63, 3.8) is 0 Å². The molecule has 0 heterocycles. The molecule has 1 N–H and O–H groups in total. The van der Waals surface area contributed by atoms with Crippen LogP contribution in [0.25, 0.3) is 0 Å². The molecule has 0 aliphatic heterocycles. The second-order valence-corrected chi connectivity index (χ2v) is 4.64. The van der Waals surface area contributed by atoms with Crippen LogP contribution in [-0.4, -0.2) is 11.7 Å². The van der Waals surface area contributed by atoms with Crippen LogP contribution in [0, 0.1) is 5.82 Å². The molecule has 2 rings (SSSR count). The Morgan fingerprint density at radius 2 is 1.83 bits per heavy atom. The largest absolute Gasteiger partial charge is 0.396 e. The fourth-order valence-corrected chi connectivity index (χ4v) is 2.21. The lowest BCUT2D eigenvalue weighted by Gasteiger charge is -2.15. The van der Waals surface area contributed by atoms with Gasteiger partial charge in [0.1, 0.15) is 5.82 Å². The van der Waals surface area contributed by atoms with Crippen molar-refractivity contribution in [2.75, 3.05) is 6.61 Å². The lowest BCUT2D eigenvalue weighted by Crippen LogP contribution is -2.08. The van der Waals surface area contributed by atoms with Crippen LogP contribution in [0.5, 0.6) is 0 Å². The molecule has 0 aliphatic rings. The van der Waals surface area contributed by atoms with E-state index in [1.165, 1.54) is 12.1 Å². The van der Waals surface area contributed by atoms with Crippen LogP contribution in [0.3, 0.4) is 0 Å². The Kier molecular flexibility index (Phi) is 4.34. The van der Waals surface area contributed by atoms with Crippen molar-refractivity contribution in [3.05, 3.63) is 70.5 Å². The molecule has 1 nitrogen and oxygen atoms in total. The highest BCUT2D eigenvalue weighted by molar-refractivity contribution is 6.31. The van der Waals surface area contributed by atoms with E-state index in [2.05, 4.69) is 0 Å². The number of rotatable bonds is 4. The molecule has 0 fully saturated rings. The molecule has 0 amide bonds. The quantitative estimate of drug-likeness (QED) is 0.891. The fourth-order valence-electron chi connectivity index (χ4n) is 1.97. The number of aliphatic hydroxyl groups excluding tert-OH is 1. The highest BCUT2D eigenvalue weighted by Crippen LogP contribution is 2.25. The van der Waals surface area contributed by atoms with Crippen molar-refractivity contribution >= 4 is 11.6 Å². The van der Waals surface area contributed by atoms with Crippen molar-refractivity contribution in [1.29, 1.82) is 0 Å². The van der Waals surface area contributed by atoms with Crippen LogP contribution in [0.15, 0.2) is 48.5 Å². The maximum atomic E-state index is 13.0. The summed E-state index contributed by atoms with van der Waals surface area (Å²) in [4.78, 5) is 0. The molecule has 1 unspecified atom stereocenters. The number of halogens is 2. The summed E-state index contributed by atoms with van der Waals surface area (Å²) in [5.41, 5.74) is 1.90. The second-order valence-electron chi connectivity index (χ2n) is 4.23. The molecule has 3 heteroatoms. The summed E-state index contributed by atoms with van der Waals surface area (Å²) in [7, 11) is 0. The summed E-state index contributed by atoms with van der Waals surface area (Å²) in [5, 5.41) is 9.88. The molecule has 0 aromatic heterocycles. The van der Waals surface area contributed by atoms with E-state index in [4.69, 9.17) is 11.6 Å². The van der Waals surface area contributed by atoms with Gasteiger partial charge >= 0.3 is 0 Å². The molecule has 0 spiro atoms. The van der Waals surface area contributed by atoms with E-state index in [1.807, 2.05) is 30.3 Å². The van der Waals surface area contributed by atoms with Gasteiger partial charge in [0.2, 0.25) is 0 Å². The van der Waals surface area contributed by atoms with Gasteiger partial charge in [-0.15, -0.1) is 0 Å². The molecule has 0 aliphatic carbocycles. The summed E-state index contributed by atoms with van der Waals surface area (Å²) < 4.78 is 13.0. The SMILES string of the molecule is OCC(Cc1ccc(F)cc1Cl)c1ccccc1. The molecule has 0 saturated carbocycles. The van der Waals surface area contributed by atoms with Crippen molar-refractivity contribution in [3.8, 4) is 0 Å². The van der Waals surface area contributed by atoms with Crippen LogP contribution in [0.1, 0.15) is 17.0 Å². The van der Waals surface area contributed by atoms with E-state index in [0.717, 1.165) is 11.1 Å². The second kappa shape index (κ2) is 5.98. The smallest absolute Gasteiger partial charge is 0.124 e. The predicted molar refractivity (Wildman–Crippen MR) is 71.4 cm³/mol. The zero-order chi connectivity index (χ0) is 13.0. The highest BCUT2D eigenvalue weighted by atomic mass is 35.5. The summed E-state index contributed by atoms with van der Waals surface area (Å²) in [5.74, 6) is -0.363. The Balaban J connectivity index is 2.21. The van der Waals surface area contributed by atoms with Gasteiger partial charge in [-0.25, -0.2) is 4.39 Å². The van der Waals surface area contributed by atoms with Crippen LogP contribution >= 0.6 is 11.6 Å². The molecule has 0 saturated heterocycles. The van der Waals surface area contributed by atoms with Gasteiger partial charge in [-0.2, -0.15) is 0 Å². The fraction of sp³-hybridized carbons (Fsp3) is 0.200. The van der Waals surface area contributed by atoms with Gasteiger partial charge in [-0.3, -0.25) is 0 Å². The van der Waals surface area contributed by atoms with Crippen LogP contribution < -0.4 is 0 Å². The minimum Gasteiger partial charge on any atom is -0.396 e. The summed E-state index contributed by atoms with van der Waals surface area (Å²) >= 11 is 6.00. The highest BCUT2D eigenvalue weighted by Gasteiger charge is 2.13. The van der Waals surface area contributed by atoms with Gasteiger partial charge in [0.05, 0.1) is 6.61 Å². The maximum Gasteiger partial charge on any atom is 0.124 e. The summed E-state index contributed by atoms with van der Waals surface area (Å²) in [6.07, 6.45) is 0.597. The molecule has 1 atom stereocenters. The van der Waals surface area contributed by atoms with Gasteiger partial charge in [-0.1, -0.05) is 48.0 Å². The predicted octanol–water partition coefficient (Wildman–Crippen LogP) is 3.80. The van der Waals surface area contributed by atoms with E-state index >= 15 is 0 Å². The zero-order valence-corrected chi connectivity index (χ0v) is 10.6. The third kappa shape index (κ3) is 3.09. The molecule has 0 radical (unpaired) electrons. The maximum absolute atomic E-state index is 13.0. The number of aliphatic hydroxyl groups is 1. The third-order valence-electron chi connectivity index (χ3n) is 2.97. The Morgan fingerprint density at radius 3 is 2.44 bits per heavy atom. The van der Waals surface area contributed by atoms with Crippen molar-refractivity contribution in [2.45, 2.75) is 12.3 Å². The van der Waals surface area contributed by atoms with Crippen LogP contribution in [0.4, 0.5) is 4.39 Å². The van der Waals surface area contributed by atoms with Gasteiger partial charge in [0.15, 0.2) is 0 Å². The average Bonchev–Trinajstić information content (AvgIpc) is 2.39. The normalized spacial score (nSPS) is 12.4. The molecule has 94 valence electrons. The lowest BCUT2D eigenvalue weighted by molar-refractivity contribution is 0.264. The molecular formula is C15H14ClFO. The molecule has 2 aromatic rings. The molecular weight excluding hydrogens is 251 g/mol. The Bertz CT molecular complexity index is 513. The Labute approximate surface area is 111 Å². The van der Waals surface area contributed by atoms with Gasteiger partial charge in [0.25, 0.3) is 0 Å². The van der Waals surface area contributed by atoms with E-state index in [1.54, 1.807) is 6.07 Å². The van der Waals surface area contributed by atoms with Gasteiger partial charge in [-0.05, 0) is 29.7 Å². The number of hydrogen-bond acceptors (Lipinski definition) is 1. The lowest BCUT2D eigenvalue weighted by atomic mass is 9.93. The molecule has 0 bridgehead atoms. The van der Waals surface area contributed by atoms with Crippen molar-refractivity contribution in [2.24, 2.45) is 0 Å². The van der Waals surface area contributed by atoms with Crippen molar-refractivity contribution in [1.82, 2.24) is 0 Å². The minimum absolute atomic E-state index is 0.0193.